The number of methoxy groups -OCH3 is 1. The van der Waals surface area contributed by atoms with E-state index in [0.717, 1.165) is 0 Å². The van der Waals surface area contributed by atoms with Crippen molar-refractivity contribution >= 4 is 17.4 Å². The third kappa shape index (κ3) is 2.22. The van der Waals surface area contributed by atoms with E-state index in [-0.39, 0.29) is 11.5 Å². The summed E-state index contributed by atoms with van der Waals surface area (Å²) in [5.41, 5.74) is 6.32. The summed E-state index contributed by atoms with van der Waals surface area (Å²) in [6.07, 6.45) is 0. The highest BCUT2D eigenvalue weighted by Gasteiger charge is 2.11. The molecule has 0 aliphatic rings. The van der Waals surface area contributed by atoms with E-state index in [4.69, 9.17) is 22.1 Å². The number of hydrogen-bond acceptors (Lipinski definition) is 4. The van der Waals surface area contributed by atoms with E-state index in [0.29, 0.717) is 22.2 Å². The molecule has 1 heterocycles. The van der Waals surface area contributed by atoms with E-state index < -0.39 is 5.82 Å². The number of anilines is 1. The third-order valence-electron chi connectivity index (χ3n) is 2.45. The number of aryl methyl sites for hydroxylation is 1. The topological polar surface area (TPSA) is 61.0 Å². The zero-order valence-corrected chi connectivity index (χ0v) is 10.6. The minimum absolute atomic E-state index is 0.176. The van der Waals surface area contributed by atoms with Crippen LogP contribution in [0.25, 0.3) is 11.4 Å². The Labute approximate surface area is 109 Å². The van der Waals surface area contributed by atoms with E-state index in [1.165, 1.54) is 14.0 Å². The number of halogens is 2. The molecule has 0 aliphatic heterocycles. The van der Waals surface area contributed by atoms with Crippen molar-refractivity contribution in [2.75, 3.05) is 12.8 Å². The second-order valence-electron chi connectivity index (χ2n) is 3.68. The van der Waals surface area contributed by atoms with Gasteiger partial charge in [-0.3, -0.25) is 0 Å². The van der Waals surface area contributed by atoms with Crippen LogP contribution in [0.3, 0.4) is 0 Å². The molecule has 0 atom stereocenters. The molecular formula is C12H11ClFN3O. The lowest BCUT2D eigenvalue weighted by atomic mass is 10.2. The molecule has 0 saturated carbocycles. The van der Waals surface area contributed by atoms with Crippen LogP contribution in [0.2, 0.25) is 5.02 Å². The summed E-state index contributed by atoms with van der Waals surface area (Å²) in [5, 5.41) is 0.430. The van der Waals surface area contributed by atoms with Gasteiger partial charge < -0.3 is 10.5 Å². The molecule has 0 amide bonds. The first kappa shape index (κ1) is 12.6. The summed E-state index contributed by atoms with van der Waals surface area (Å²) in [5.74, 6) is 0.103. The van der Waals surface area contributed by atoms with Gasteiger partial charge in [0.2, 0.25) is 0 Å². The number of ether oxygens (including phenoxy) is 1. The molecule has 0 unspecified atom stereocenters. The number of hydrogen-bond donors (Lipinski definition) is 1. The van der Waals surface area contributed by atoms with Gasteiger partial charge in [-0.05, 0) is 25.1 Å². The molecule has 0 saturated heterocycles. The predicted octanol–water partition coefficient (Wildman–Crippen LogP) is 2.84. The van der Waals surface area contributed by atoms with Crippen LogP contribution in [0.15, 0.2) is 18.2 Å². The van der Waals surface area contributed by atoms with Gasteiger partial charge in [0.1, 0.15) is 5.75 Å². The van der Waals surface area contributed by atoms with E-state index in [1.807, 2.05) is 0 Å². The fraction of sp³-hybridized carbons (Fsp3) is 0.167. The van der Waals surface area contributed by atoms with E-state index in [2.05, 4.69) is 9.97 Å². The summed E-state index contributed by atoms with van der Waals surface area (Å²) in [7, 11) is 1.53. The number of nitrogens with zero attached hydrogens (tertiary/aromatic N) is 2. The average molecular weight is 268 g/mol. The van der Waals surface area contributed by atoms with Gasteiger partial charge >= 0.3 is 0 Å². The van der Waals surface area contributed by atoms with E-state index in [9.17, 15) is 4.39 Å². The Balaban J connectivity index is 2.52. The number of aromatic nitrogens is 2. The molecule has 2 N–H and O–H groups in total. The molecule has 1 aromatic heterocycles. The van der Waals surface area contributed by atoms with Crippen molar-refractivity contribution in [1.29, 1.82) is 0 Å². The Morgan fingerprint density at radius 1 is 1.33 bits per heavy atom. The Hall–Kier alpha value is -1.88. The van der Waals surface area contributed by atoms with Gasteiger partial charge in [0.15, 0.2) is 17.5 Å². The van der Waals surface area contributed by atoms with Crippen molar-refractivity contribution in [1.82, 2.24) is 9.97 Å². The lowest BCUT2D eigenvalue weighted by Crippen LogP contribution is -2.03. The largest absolute Gasteiger partial charge is 0.495 e. The van der Waals surface area contributed by atoms with Gasteiger partial charge in [-0.2, -0.15) is 0 Å². The number of nitrogen functional groups attached to an aromatic ring is 1. The highest BCUT2D eigenvalue weighted by molar-refractivity contribution is 6.32. The summed E-state index contributed by atoms with van der Waals surface area (Å²) in [6, 6.07) is 5.07. The molecule has 1 aromatic carbocycles. The standard InChI is InChI=1S/C12H11ClFN3O/c1-6-10(14)11(15)17-12(16-6)7-3-4-9(18-2)8(13)5-7/h3-5H,1-2H3,(H2,15,16,17). The van der Waals surface area contributed by atoms with Gasteiger partial charge in [-0.1, -0.05) is 11.6 Å². The minimum atomic E-state index is -0.599. The van der Waals surface area contributed by atoms with Crippen LogP contribution in [0.4, 0.5) is 10.2 Å². The Bertz CT molecular complexity index is 581. The second kappa shape index (κ2) is 4.78. The smallest absolute Gasteiger partial charge is 0.186 e. The van der Waals surface area contributed by atoms with Gasteiger partial charge in [0, 0.05) is 5.56 Å². The molecule has 0 fully saturated rings. The van der Waals surface area contributed by atoms with Crippen LogP contribution in [-0.4, -0.2) is 17.1 Å². The quantitative estimate of drug-likeness (QED) is 0.909. The molecule has 4 nitrogen and oxygen atoms in total. The maximum Gasteiger partial charge on any atom is 0.186 e. The minimum Gasteiger partial charge on any atom is -0.495 e. The van der Waals surface area contributed by atoms with Crippen LogP contribution < -0.4 is 10.5 Å². The van der Waals surface area contributed by atoms with E-state index >= 15 is 0 Å². The molecule has 0 aliphatic carbocycles. The fourth-order valence-corrected chi connectivity index (χ4v) is 1.77. The molecule has 0 spiro atoms. The van der Waals surface area contributed by atoms with Crippen molar-refractivity contribution < 1.29 is 9.13 Å². The molecular weight excluding hydrogens is 257 g/mol. The van der Waals surface area contributed by atoms with Crippen LogP contribution in [-0.2, 0) is 0 Å². The van der Waals surface area contributed by atoms with Gasteiger partial charge in [0.25, 0.3) is 0 Å². The summed E-state index contributed by atoms with van der Waals surface area (Å²) in [6.45, 7) is 1.53. The predicted molar refractivity (Wildman–Crippen MR) is 68.1 cm³/mol. The Morgan fingerprint density at radius 3 is 2.61 bits per heavy atom. The molecule has 0 bridgehead atoms. The first-order valence-electron chi connectivity index (χ1n) is 5.16. The number of rotatable bonds is 2. The van der Waals surface area contributed by atoms with E-state index in [1.54, 1.807) is 18.2 Å². The normalized spacial score (nSPS) is 10.4. The molecule has 6 heteroatoms. The first-order chi connectivity index (χ1) is 8.52. The van der Waals surface area contributed by atoms with Crippen molar-refractivity contribution in [3.05, 3.63) is 34.7 Å². The second-order valence-corrected chi connectivity index (χ2v) is 4.09. The lowest BCUT2D eigenvalue weighted by Gasteiger charge is -2.07. The van der Waals surface area contributed by atoms with Crippen LogP contribution in [0.5, 0.6) is 5.75 Å². The van der Waals surface area contributed by atoms with Crippen molar-refractivity contribution in [3.63, 3.8) is 0 Å². The molecule has 0 radical (unpaired) electrons. The van der Waals surface area contributed by atoms with Crippen molar-refractivity contribution in [3.8, 4) is 17.1 Å². The average Bonchev–Trinajstić information content (AvgIpc) is 2.35. The maximum absolute atomic E-state index is 13.3. The van der Waals surface area contributed by atoms with Gasteiger partial charge in [-0.15, -0.1) is 0 Å². The van der Waals surface area contributed by atoms with Gasteiger partial charge in [-0.25, -0.2) is 14.4 Å². The molecule has 18 heavy (non-hydrogen) atoms. The summed E-state index contributed by atoms with van der Waals surface area (Å²) in [4.78, 5) is 7.93. The summed E-state index contributed by atoms with van der Waals surface area (Å²) < 4.78 is 18.4. The monoisotopic (exact) mass is 267 g/mol. The van der Waals surface area contributed by atoms with Crippen molar-refractivity contribution in [2.45, 2.75) is 6.92 Å². The summed E-state index contributed by atoms with van der Waals surface area (Å²) >= 11 is 6.00. The zero-order valence-electron chi connectivity index (χ0n) is 9.87. The van der Waals surface area contributed by atoms with Gasteiger partial charge in [0.05, 0.1) is 17.8 Å². The number of benzene rings is 1. The number of nitrogens with two attached hydrogens (primary N) is 1. The Morgan fingerprint density at radius 2 is 2.06 bits per heavy atom. The molecule has 2 rings (SSSR count). The SMILES string of the molecule is COc1ccc(-c2nc(C)c(F)c(N)n2)cc1Cl. The lowest BCUT2D eigenvalue weighted by molar-refractivity contribution is 0.415. The fourth-order valence-electron chi connectivity index (χ4n) is 1.52. The van der Waals surface area contributed by atoms with Crippen LogP contribution in [0, 0.1) is 12.7 Å². The third-order valence-corrected chi connectivity index (χ3v) is 2.75. The van der Waals surface area contributed by atoms with Crippen LogP contribution >= 0.6 is 11.6 Å². The first-order valence-corrected chi connectivity index (χ1v) is 5.54. The zero-order chi connectivity index (χ0) is 13.3. The highest BCUT2D eigenvalue weighted by atomic mass is 35.5. The van der Waals surface area contributed by atoms with Crippen molar-refractivity contribution in [2.24, 2.45) is 0 Å². The molecule has 94 valence electrons. The Kier molecular flexibility index (Phi) is 3.34. The highest BCUT2D eigenvalue weighted by Crippen LogP contribution is 2.29. The van der Waals surface area contributed by atoms with Crippen LogP contribution in [0.1, 0.15) is 5.69 Å². The maximum atomic E-state index is 13.3. The molecule has 2 aromatic rings.